The third kappa shape index (κ3) is 3.20. The average Bonchev–Trinajstić information content (AvgIpc) is 2.16. The first-order valence-electron chi connectivity index (χ1n) is 4.09. The zero-order valence-electron chi connectivity index (χ0n) is 7.23. The minimum Gasteiger partial charge on any atom is -0.396 e. The molecule has 0 aliphatic rings. The lowest BCUT2D eigenvalue weighted by Gasteiger charge is -2.00. The van der Waals surface area contributed by atoms with Gasteiger partial charge in [0.15, 0.2) is 0 Å². The number of hydrogen-bond acceptors (Lipinski definition) is 3. The number of rotatable bonds is 4. The number of hydrogen-bond donors (Lipinski definition) is 1. The molecule has 0 aliphatic heterocycles. The number of carbonyl (C=O) groups excluding carboxylic acids is 1. The summed E-state index contributed by atoms with van der Waals surface area (Å²) in [5.74, 6) is 0. The van der Waals surface area contributed by atoms with Gasteiger partial charge in [-0.2, -0.15) is 0 Å². The van der Waals surface area contributed by atoms with Gasteiger partial charge >= 0.3 is 0 Å². The molecule has 0 unspecified atom stereocenters. The predicted octanol–water partition coefficient (Wildman–Crippen LogP) is 1.06. The largest absolute Gasteiger partial charge is 0.396 e. The van der Waals surface area contributed by atoms with Crippen LogP contribution in [0.5, 0.6) is 0 Å². The van der Waals surface area contributed by atoms with E-state index in [0.29, 0.717) is 13.0 Å². The summed E-state index contributed by atoms with van der Waals surface area (Å²) >= 11 is 0. The molecule has 13 heavy (non-hydrogen) atoms. The molecule has 1 aromatic carbocycles. The van der Waals surface area contributed by atoms with Gasteiger partial charge in [-0.15, -0.1) is 0 Å². The highest BCUT2D eigenvalue weighted by Gasteiger charge is 1.94. The fourth-order valence-corrected chi connectivity index (χ4v) is 1.14. The van der Waals surface area contributed by atoms with E-state index in [1.165, 1.54) is 6.08 Å². The molecule has 0 saturated heterocycles. The van der Waals surface area contributed by atoms with Crippen molar-refractivity contribution < 1.29 is 9.90 Å². The van der Waals surface area contributed by atoms with Crippen LogP contribution in [0.2, 0.25) is 0 Å². The van der Waals surface area contributed by atoms with Crippen molar-refractivity contribution in [3.63, 3.8) is 0 Å². The van der Waals surface area contributed by atoms with E-state index in [-0.39, 0.29) is 6.61 Å². The summed E-state index contributed by atoms with van der Waals surface area (Å²) in [5.41, 5.74) is 2.02. The van der Waals surface area contributed by atoms with E-state index in [0.717, 1.165) is 11.1 Å². The van der Waals surface area contributed by atoms with E-state index in [4.69, 9.17) is 5.11 Å². The Bertz CT molecular complexity index is 316. The highest BCUT2D eigenvalue weighted by atomic mass is 16.2. The second kappa shape index (κ2) is 5.25. The molecule has 0 aromatic heterocycles. The number of aliphatic imine (C=N–C) groups is 1. The van der Waals surface area contributed by atoms with Crippen molar-refractivity contribution in [1.82, 2.24) is 0 Å². The van der Waals surface area contributed by atoms with Crippen molar-refractivity contribution in [3.05, 3.63) is 35.4 Å². The summed E-state index contributed by atoms with van der Waals surface area (Å²) in [6, 6.07) is 7.64. The molecule has 0 spiro atoms. The lowest BCUT2D eigenvalue weighted by atomic mass is 10.1. The van der Waals surface area contributed by atoms with Crippen molar-refractivity contribution in [2.45, 2.75) is 13.0 Å². The lowest BCUT2D eigenvalue weighted by Crippen LogP contribution is -1.91. The summed E-state index contributed by atoms with van der Waals surface area (Å²) in [6.45, 7) is 0.503. The molecule has 1 N–H and O–H groups in total. The Hall–Kier alpha value is -1.44. The molecule has 0 saturated carbocycles. The van der Waals surface area contributed by atoms with Gasteiger partial charge in [-0.05, 0) is 17.5 Å². The van der Waals surface area contributed by atoms with Crippen molar-refractivity contribution in [1.29, 1.82) is 0 Å². The van der Waals surface area contributed by atoms with Gasteiger partial charge in [0.1, 0.15) is 0 Å². The minimum absolute atomic E-state index is 0.139. The highest BCUT2D eigenvalue weighted by Crippen LogP contribution is 2.06. The molecule has 0 aliphatic carbocycles. The van der Waals surface area contributed by atoms with Crippen LogP contribution in [-0.4, -0.2) is 17.8 Å². The standard InChI is InChI=1S/C10H11NO2/c12-5-4-9-2-1-3-10(6-9)7-11-8-13/h1-3,6,12H,4-5,7H2. The molecule has 68 valence electrons. The molecule has 0 atom stereocenters. The number of nitrogens with zero attached hydrogens (tertiary/aromatic N) is 1. The van der Waals surface area contributed by atoms with Gasteiger partial charge in [-0.1, -0.05) is 24.3 Å². The van der Waals surface area contributed by atoms with Gasteiger partial charge in [0.25, 0.3) is 0 Å². The second-order valence-corrected chi connectivity index (χ2v) is 2.70. The number of isocyanates is 1. The molecular formula is C10H11NO2. The molecule has 0 bridgehead atoms. The average molecular weight is 177 g/mol. The van der Waals surface area contributed by atoms with E-state index in [1.54, 1.807) is 0 Å². The first kappa shape index (κ1) is 9.65. The van der Waals surface area contributed by atoms with Gasteiger partial charge < -0.3 is 5.11 Å². The minimum atomic E-state index is 0.139. The smallest absolute Gasteiger partial charge is 0.235 e. The van der Waals surface area contributed by atoms with Crippen LogP contribution >= 0.6 is 0 Å². The van der Waals surface area contributed by atoms with Crippen LogP contribution in [0.1, 0.15) is 11.1 Å². The number of benzene rings is 1. The Morgan fingerprint density at radius 1 is 1.38 bits per heavy atom. The van der Waals surface area contributed by atoms with Gasteiger partial charge in [-0.3, -0.25) is 0 Å². The Labute approximate surface area is 76.7 Å². The van der Waals surface area contributed by atoms with Crippen molar-refractivity contribution in [2.24, 2.45) is 4.99 Å². The molecular weight excluding hydrogens is 166 g/mol. The van der Waals surface area contributed by atoms with Crippen LogP contribution in [0, 0.1) is 0 Å². The van der Waals surface area contributed by atoms with Crippen LogP contribution < -0.4 is 0 Å². The number of aliphatic hydroxyl groups is 1. The maximum atomic E-state index is 9.86. The van der Waals surface area contributed by atoms with Crippen LogP contribution in [0.15, 0.2) is 29.3 Å². The van der Waals surface area contributed by atoms with E-state index in [2.05, 4.69) is 4.99 Å². The topological polar surface area (TPSA) is 49.7 Å². The molecule has 3 heteroatoms. The van der Waals surface area contributed by atoms with Crippen molar-refractivity contribution in [2.75, 3.05) is 6.61 Å². The second-order valence-electron chi connectivity index (χ2n) is 2.70. The van der Waals surface area contributed by atoms with Gasteiger partial charge in [0, 0.05) is 6.61 Å². The van der Waals surface area contributed by atoms with Crippen LogP contribution in [-0.2, 0) is 17.8 Å². The predicted molar refractivity (Wildman–Crippen MR) is 49.1 cm³/mol. The summed E-state index contributed by atoms with van der Waals surface area (Å²) in [6.07, 6.45) is 2.13. The van der Waals surface area contributed by atoms with E-state index in [1.807, 2.05) is 24.3 Å². The fraction of sp³-hybridized carbons (Fsp3) is 0.300. The van der Waals surface area contributed by atoms with E-state index < -0.39 is 0 Å². The monoisotopic (exact) mass is 177 g/mol. The van der Waals surface area contributed by atoms with Gasteiger partial charge in [-0.25, -0.2) is 9.79 Å². The maximum Gasteiger partial charge on any atom is 0.235 e. The fourth-order valence-electron chi connectivity index (χ4n) is 1.14. The first-order valence-corrected chi connectivity index (χ1v) is 4.09. The van der Waals surface area contributed by atoms with Crippen molar-refractivity contribution in [3.8, 4) is 0 Å². The molecule has 0 fully saturated rings. The lowest BCUT2D eigenvalue weighted by molar-refractivity contribution is 0.299. The Morgan fingerprint density at radius 3 is 2.85 bits per heavy atom. The Kier molecular flexibility index (Phi) is 3.89. The quantitative estimate of drug-likeness (QED) is 0.552. The summed E-state index contributed by atoms with van der Waals surface area (Å²) in [5, 5.41) is 8.70. The molecule has 0 heterocycles. The Morgan fingerprint density at radius 2 is 2.15 bits per heavy atom. The van der Waals surface area contributed by atoms with Crippen molar-refractivity contribution >= 4 is 6.08 Å². The van der Waals surface area contributed by atoms with Crippen LogP contribution in [0.25, 0.3) is 0 Å². The van der Waals surface area contributed by atoms with Gasteiger partial charge in [0.05, 0.1) is 6.54 Å². The summed E-state index contributed by atoms with van der Waals surface area (Å²) in [4.78, 5) is 13.3. The van der Waals surface area contributed by atoms with Crippen LogP contribution in [0.3, 0.4) is 0 Å². The number of aliphatic hydroxyl groups excluding tert-OH is 1. The van der Waals surface area contributed by atoms with Crippen LogP contribution in [0.4, 0.5) is 0 Å². The maximum absolute atomic E-state index is 9.86. The molecule has 0 radical (unpaired) electrons. The summed E-state index contributed by atoms with van der Waals surface area (Å²) < 4.78 is 0. The summed E-state index contributed by atoms with van der Waals surface area (Å²) in [7, 11) is 0. The third-order valence-electron chi connectivity index (χ3n) is 1.72. The molecule has 3 nitrogen and oxygen atoms in total. The molecule has 1 aromatic rings. The third-order valence-corrected chi connectivity index (χ3v) is 1.72. The highest BCUT2D eigenvalue weighted by molar-refractivity contribution is 5.34. The van der Waals surface area contributed by atoms with Gasteiger partial charge in [0.2, 0.25) is 6.08 Å². The normalized spacial score (nSPS) is 9.31. The Balaban J connectivity index is 2.72. The molecule has 1 rings (SSSR count). The zero-order valence-corrected chi connectivity index (χ0v) is 7.23. The first-order chi connectivity index (χ1) is 6.36. The molecule has 0 amide bonds. The SMILES string of the molecule is O=C=NCc1cccc(CCO)c1. The van der Waals surface area contributed by atoms with E-state index in [9.17, 15) is 4.79 Å². The zero-order chi connectivity index (χ0) is 9.52. The van der Waals surface area contributed by atoms with E-state index >= 15 is 0 Å².